The molecule has 0 unspecified atom stereocenters. The molecule has 0 aromatic carbocycles. The number of aliphatic imine (C=N–C) groups is 1. The van der Waals surface area contributed by atoms with Crippen LogP contribution in [0, 0.1) is 11.8 Å². The summed E-state index contributed by atoms with van der Waals surface area (Å²) in [6.07, 6.45) is 5.32. The molecule has 0 spiro atoms. The first-order chi connectivity index (χ1) is 15.4. The van der Waals surface area contributed by atoms with Crippen LogP contribution in [-0.4, -0.2) is 58.4 Å². The highest BCUT2D eigenvalue weighted by Gasteiger charge is 2.50. The molecule has 2 aliphatic carbocycles. The van der Waals surface area contributed by atoms with Gasteiger partial charge in [-0.15, -0.1) is 0 Å². The largest absolute Gasteiger partial charge is 0.473 e. The van der Waals surface area contributed by atoms with Crippen LogP contribution >= 0.6 is 23.8 Å². The minimum Gasteiger partial charge on any atom is -0.473 e. The van der Waals surface area contributed by atoms with Gasteiger partial charge in [-0.05, 0) is 50.7 Å². The number of halogens is 1. The Kier molecular flexibility index (Phi) is 7.00. The van der Waals surface area contributed by atoms with E-state index < -0.39 is 5.97 Å². The van der Waals surface area contributed by atoms with Crippen LogP contribution < -0.4 is 10.5 Å². The molecule has 4 rings (SSSR count). The van der Waals surface area contributed by atoms with Gasteiger partial charge >= 0.3 is 5.97 Å². The van der Waals surface area contributed by atoms with E-state index in [-0.39, 0.29) is 17.8 Å². The van der Waals surface area contributed by atoms with Crippen molar-refractivity contribution >= 4 is 40.5 Å². The lowest BCUT2D eigenvalue weighted by Gasteiger charge is -2.39. The molecule has 3 fully saturated rings. The summed E-state index contributed by atoms with van der Waals surface area (Å²) in [7, 11) is 0. The third-order valence-electron chi connectivity index (χ3n) is 6.40. The standard InChI is InChI=1S/C23H29ClN4O3S/c1-3-30-23(29)21(25)20-16-10-14(16)11-18(20)27-12-19(32)28-8-6-15(9-13(28)2)31-22-17(24)5-4-7-26-22/h4-5,7,13-16H,3,6,8-12,25H2,1-2H3/t13-,14-,15-,16-/m1/s1. The zero-order chi connectivity index (χ0) is 22.8. The Balaban J connectivity index is 1.36. The highest BCUT2D eigenvalue weighted by Crippen LogP contribution is 2.54. The predicted molar refractivity (Wildman–Crippen MR) is 128 cm³/mol. The Bertz CT molecular complexity index is 966. The number of fused-ring (bicyclic) bond motifs is 1. The summed E-state index contributed by atoms with van der Waals surface area (Å²) < 4.78 is 11.1. The van der Waals surface area contributed by atoms with Gasteiger partial charge in [0.1, 0.15) is 16.8 Å². The maximum absolute atomic E-state index is 12.1. The molecule has 2 N–H and O–H groups in total. The fraction of sp³-hybridized carbons (Fsp3) is 0.565. The molecule has 2 heterocycles. The highest BCUT2D eigenvalue weighted by molar-refractivity contribution is 7.80. The Morgan fingerprint density at radius 2 is 2.25 bits per heavy atom. The summed E-state index contributed by atoms with van der Waals surface area (Å²) in [5, 5.41) is 0.523. The number of thiocarbonyl (C=S) groups is 1. The molecule has 0 amide bonds. The van der Waals surface area contributed by atoms with Crippen molar-refractivity contribution in [3.05, 3.63) is 34.6 Å². The third kappa shape index (κ3) is 4.91. The quantitative estimate of drug-likeness (QED) is 0.381. The highest BCUT2D eigenvalue weighted by atomic mass is 35.5. The first-order valence-corrected chi connectivity index (χ1v) is 11.9. The number of pyridine rings is 1. The number of nitrogens with two attached hydrogens (primary N) is 1. The second-order valence-electron chi connectivity index (χ2n) is 8.61. The number of carbonyl (C=O) groups is 1. The lowest BCUT2D eigenvalue weighted by Crippen LogP contribution is -2.47. The van der Waals surface area contributed by atoms with Gasteiger partial charge in [0.15, 0.2) is 0 Å². The molecule has 4 atom stereocenters. The second kappa shape index (κ2) is 9.75. The molecule has 32 heavy (non-hydrogen) atoms. The molecule has 2 saturated carbocycles. The van der Waals surface area contributed by atoms with Gasteiger partial charge in [-0.2, -0.15) is 0 Å². The molecule has 0 radical (unpaired) electrons. The van der Waals surface area contributed by atoms with E-state index in [4.69, 9.17) is 44.0 Å². The van der Waals surface area contributed by atoms with E-state index in [9.17, 15) is 4.79 Å². The van der Waals surface area contributed by atoms with Crippen LogP contribution in [0.5, 0.6) is 5.88 Å². The molecule has 1 aromatic rings. The minimum atomic E-state index is -0.450. The fourth-order valence-electron chi connectivity index (χ4n) is 4.70. The minimum absolute atomic E-state index is 0.0450. The van der Waals surface area contributed by atoms with E-state index >= 15 is 0 Å². The molecule has 1 saturated heterocycles. The van der Waals surface area contributed by atoms with E-state index in [0.717, 1.165) is 48.5 Å². The first kappa shape index (κ1) is 23.0. The predicted octanol–water partition coefficient (Wildman–Crippen LogP) is 3.55. The number of piperidine rings is 1. The summed E-state index contributed by atoms with van der Waals surface area (Å²) in [6, 6.07) is 3.79. The molecular formula is C23H29ClN4O3S. The van der Waals surface area contributed by atoms with Crippen molar-refractivity contribution in [2.24, 2.45) is 22.6 Å². The Labute approximate surface area is 199 Å². The number of hydrogen-bond donors (Lipinski definition) is 1. The molecule has 172 valence electrons. The second-order valence-corrected chi connectivity index (χ2v) is 9.49. The molecule has 0 bridgehead atoms. The molecule has 1 aromatic heterocycles. The van der Waals surface area contributed by atoms with Crippen LogP contribution in [0.3, 0.4) is 0 Å². The van der Waals surface area contributed by atoms with Crippen molar-refractivity contribution in [2.45, 2.75) is 51.7 Å². The summed E-state index contributed by atoms with van der Waals surface area (Å²) >= 11 is 11.9. The summed E-state index contributed by atoms with van der Waals surface area (Å²) in [5.74, 6) is 0.925. The van der Waals surface area contributed by atoms with Crippen molar-refractivity contribution in [1.29, 1.82) is 0 Å². The van der Waals surface area contributed by atoms with Crippen LogP contribution in [-0.2, 0) is 9.53 Å². The Hall–Kier alpha value is -2.19. The average Bonchev–Trinajstić information content (AvgIpc) is 3.43. The van der Waals surface area contributed by atoms with Crippen molar-refractivity contribution in [3.8, 4) is 5.88 Å². The van der Waals surface area contributed by atoms with Crippen LogP contribution in [0.2, 0.25) is 5.02 Å². The SMILES string of the molecule is CCOC(=O)C(N)=C1C(=NCC(=S)N2CC[C@@H](Oc3ncccc3Cl)C[C@H]2C)C[C@H]2C[C@@H]12. The van der Waals surface area contributed by atoms with Crippen molar-refractivity contribution in [3.63, 3.8) is 0 Å². The fourth-order valence-corrected chi connectivity index (χ4v) is 5.20. The molecular weight excluding hydrogens is 448 g/mol. The van der Waals surface area contributed by atoms with Crippen molar-refractivity contribution in [1.82, 2.24) is 9.88 Å². The maximum Gasteiger partial charge on any atom is 0.354 e. The maximum atomic E-state index is 12.1. The van der Waals surface area contributed by atoms with E-state index in [0.29, 0.717) is 35.9 Å². The molecule has 3 aliphatic rings. The van der Waals surface area contributed by atoms with Gasteiger partial charge in [0.05, 0.1) is 18.1 Å². The number of esters is 1. The molecule has 7 nitrogen and oxygen atoms in total. The number of allylic oxidation sites excluding steroid dienone is 1. The van der Waals surface area contributed by atoms with E-state index in [1.807, 2.05) is 0 Å². The number of aromatic nitrogens is 1. The third-order valence-corrected chi connectivity index (χ3v) is 7.05. The zero-order valence-electron chi connectivity index (χ0n) is 18.4. The molecule has 1 aliphatic heterocycles. The lowest BCUT2D eigenvalue weighted by molar-refractivity contribution is -0.138. The Morgan fingerprint density at radius 1 is 1.44 bits per heavy atom. The first-order valence-electron chi connectivity index (χ1n) is 11.2. The van der Waals surface area contributed by atoms with Crippen molar-refractivity contribution in [2.75, 3.05) is 19.7 Å². The van der Waals surface area contributed by atoms with Crippen LogP contribution in [0.1, 0.15) is 39.5 Å². The number of hydrogen-bond acceptors (Lipinski definition) is 7. The van der Waals surface area contributed by atoms with E-state index in [1.165, 1.54) is 0 Å². The summed E-state index contributed by atoms with van der Waals surface area (Å²) in [6.45, 7) is 5.44. The zero-order valence-corrected chi connectivity index (χ0v) is 20.0. The summed E-state index contributed by atoms with van der Waals surface area (Å²) in [4.78, 5) is 24.2. The number of ether oxygens (including phenoxy) is 2. The monoisotopic (exact) mass is 476 g/mol. The van der Waals surface area contributed by atoms with Crippen molar-refractivity contribution < 1.29 is 14.3 Å². The van der Waals surface area contributed by atoms with E-state index in [2.05, 4.69) is 16.8 Å². The molecule has 9 heteroatoms. The van der Waals surface area contributed by atoms with Gasteiger partial charge in [-0.25, -0.2) is 9.78 Å². The van der Waals surface area contributed by atoms with Crippen LogP contribution in [0.15, 0.2) is 34.6 Å². The van der Waals surface area contributed by atoms with E-state index in [1.54, 1.807) is 25.3 Å². The van der Waals surface area contributed by atoms with Gasteiger partial charge in [-0.3, -0.25) is 4.99 Å². The van der Waals surface area contributed by atoms with Gasteiger partial charge in [0, 0.05) is 42.9 Å². The summed E-state index contributed by atoms with van der Waals surface area (Å²) in [5.41, 5.74) is 8.13. The van der Waals surface area contributed by atoms with Gasteiger partial charge in [0.25, 0.3) is 0 Å². The number of nitrogens with zero attached hydrogens (tertiary/aromatic N) is 3. The smallest absolute Gasteiger partial charge is 0.354 e. The van der Waals surface area contributed by atoms with Crippen LogP contribution in [0.25, 0.3) is 0 Å². The normalized spacial score (nSPS) is 29.5. The topological polar surface area (TPSA) is 90.0 Å². The van der Waals surface area contributed by atoms with Gasteiger partial charge in [-0.1, -0.05) is 23.8 Å². The number of rotatable bonds is 6. The number of likely N-dealkylation sites (tertiary alicyclic amines) is 1. The number of carbonyl (C=O) groups excluding carboxylic acids is 1. The van der Waals surface area contributed by atoms with Crippen LogP contribution in [0.4, 0.5) is 0 Å². The van der Waals surface area contributed by atoms with Gasteiger partial charge < -0.3 is 20.1 Å². The average molecular weight is 477 g/mol. The Morgan fingerprint density at radius 3 is 2.97 bits per heavy atom. The lowest BCUT2D eigenvalue weighted by atomic mass is 10.0. The van der Waals surface area contributed by atoms with Gasteiger partial charge in [0.2, 0.25) is 5.88 Å².